The van der Waals surface area contributed by atoms with Crippen molar-refractivity contribution in [1.82, 2.24) is 4.98 Å². The molecule has 0 saturated heterocycles. The predicted molar refractivity (Wildman–Crippen MR) is 75.3 cm³/mol. The molecule has 0 spiro atoms. The van der Waals surface area contributed by atoms with E-state index < -0.39 is 0 Å². The van der Waals surface area contributed by atoms with E-state index in [0.29, 0.717) is 12.4 Å². The third-order valence-electron chi connectivity index (χ3n) is 2.62. The van der Waals surface area contributed by atoms with Crippen LogP contribution in [0, 0.1) is 5.82 Å². The van der Waals surface area contributed by atoms with Crippen molar-refractivity contribution in [2.75, 3.05) is 0 Å². The molecule has 100 valence electrons. The Hall–Kier alpha value is -1.46. The van der Waals surface area contributed by atoms with Gasteiger partial charge in [-0.05, 0) is 35.0 Å². The summed E-state index contributed by atoms with van der Waals surface area (Å²) in [6, 6.07) is 6.07. The van der Waals surface area contributed by atoms with Gasteiger partial charge in [0, 0.05) is 40.1 Å². The number of halogens is 2. The van der Waals surface area contributed by atoms with E-state index in [9.17, 15) is 4.39 Å². The van der Waals surface area contributed by atoms with Crippen molar-refractivity contribution >= 4 is 15.9 Å². The van der Waals surface area contributed by atoms with E-state index in [0.717, 1.165) is 15.6 Å². The molecule has 1 heterocycles. The van der Waals surface area contributed by atoms with E-state index in [1.165, 1.54) is 12.1 Å². The molecule has 2 rings (SSSR count). The molecular weight excluding hydrogens is 311 g/mol. The van der Waals surface area contributed by atoms with Crippen LogP contribution >= 0.6 is 15.9 Å². The number of nitrogens with zero attached hydrogens (tertiary/aromatic N) is 1. The van der Waals surface area contributed by atoms with E-state index in [1.54, 1.807) is 18.5 Å². The Bertz CT molecular complexity index is 575. The van der Waals surface area contributed by atoms with Crippen molar-refractivity contribution < 1.29 is 9.13 Å². The molecule has 5 heteroatoms. The van der Waals surface area contributed by atoms with Gasteiger partial charge >= 0.3 is 0 Å². The Balaban J connectivity index is 2.17. The molecule has 2 N–H and O–H groups in total. The van der Waals surface area contributed by atoms with Gasteiger partial charge in [-0.3, -0.25) is 4.98 Å². The zero-order valence-electron chi connectivity index (χ0n) is 10.4. The maximum atomic E-state index is 13.3. The lowest BCUT2D eigenvalue weighted by Gasteiger charge is -2.14. The van der Waals surface area contributed by atoms with E-state index in [-0.39, 0.29) is 11.9 Å². The van der Waals surface area contributed by atoms with Crippen LogP contribution in [-0.4, -0.2) is 4.98 Å². The second kappa shape index (κ2) is 6.12. The fourth-order valence-corrected chi connectivity index (χ4v) is 2.12. The summed E-state index contributed by atoms with van der Waals surface area (Å²) in [5.41, 5.74) is 7.51. The number of hydrogen-bond acceptors (Lipinski definition) is 3. The summed E-state index contributed by atoms with van der Waals surface area (Å²) < 4.78 is 19.8. The summed E-state index contributed by atoms with van der Waals surface area (Å²) in [6.07, 6.45) is 3.40. The maximum Gasteiger partial charge on any atom is 0.127 e. The topological polar surface area (TPSA) is 48.1 Å². The van der Waals surface area contributed by atoms with Gasteiger partial charge in [0.2, 0.25) is 0 Å². The third-order valence-corrected chi connectivity index (χ3v) is 3.06. The quantitative estimate of drug-likeness (QED) is 0.935. The molecule has 0 aliphatic heterocycles. The van der Waals surface area contributed by atoms with Crippen molar-refractivity contribution in [3.63, 3.8) is 0 Å². The zero-order valence-corrected chi connectivity index (χ0v) is 12.0. The van der Waals surface area contributed by atoms with Crippen LogP contribution < -0.4 is 10.5 Å². The van der Waals surface area contributed by atoms with E-state index in [1.807, 2.05) is 13.0 Å². The molecule has 0 amide bonds. The van der Waals surface area contributed by atoms with Crippen LogP contribution in [0.3, 0.4) is 0 Å². The lowest BCUT2D eigenvalue weighted by atomic mass is 10.1. The third kappa shape index (κ3) is 3.75. The first-order valence-corrected chi connectivity index (χ1v) is 6.63. The van der Waals surface area contributed by atoms with Gasteiger partial charge in [0.05, 0.1) is 0 Å². The average Bonchev–Trinajstić information content (AvgIpc) is 2.36. The van der Waals surface area contributed by atoms with Crippen LogP contribution in [0.1, 0.15) is 24.1 Å². The van der Waals surface area contributed by atoms with Crippen LogP contribution in [0.5, 0.6) is 5.75 Å². The van der Waals surface area contributed by atoms with E-state index >= 15 is 0 Å². The Morgan fingerprint density at radius 3 is 2.84 bits per heavy atom. The molecule has 0 fully saturated rings. The van der Waals surface area contributed by atoms with Crippen molar-refractivity contribution in [2.24, 2.45) is 5.73 Å². The molecule has 3 nitrogen and oxygen atoms in total. The molecule has 0 radical (unpaired) electrons. The summed E-state index contributed by atoms with van der Waals surface area (Å²) in [4.78, 5) is 4.05. The molecule has 19 heavy (non-hydrogen) atoms. The van der Waals surface area contributed by atoms with Crippen molar-refractivity contribution in [2.45, 2.75) is 19.6 Å². The van der Waals surface area contributed by atoms with Crippen LogP contribution in [-0.2, 0) is 6.61 Å². The summed E-state index contributed by atoms with van der Waals surface area (Å²) in [7, 11) is 0. The normalized spacial score (nSPS) is 12.2. The number of benzene rings is 1. The minimum absolute atomic E-state index is 0.212. The zero-order chi connectivity index (χ0) is 13.8. The van der Waals surface area contributed by atoms with Crippen LogP contribution in [0.2, 0.25) is 0 Å². The highest BCUT2D eigenvalue weighted by molar-refractivity contribution is 9.10. The standard InChI is InChI=1S/C14H14BrFN2O/c1-9(17)13-3-2-12(16)5-14(13)19-8-10-4-11(15)7-18-6-10/h2-7,9H,8,17H2,1H3/t9-/m0/s1. The van der Waals surface area contributed by atoms with E-state index in [4.69, 9.17) is 10.5 Å². The second-order valence-electron chi connectivity index (χ2n) is 4.27. The Morgan fingerprint density at radius 1 is 1.37 bits per heavy atom. The Morgan fingerprint density at radius 2 is 2.16 bits per heavy atom. The largest absolute Gasteiger partial charge is 0.488 e. The number of hydrogen-bond donors (Lipinski definition) is 1. The number of nitrogens with two attached hydrogens (primary N) is 1. The molecule has 1 aromatic heterocycles. The van der Waals surface area contributed by atoms with Gasteiger partial charge in [0.1, 0.15) is 18.2 Å². The first-order chi connectivity index (χ1) is 9.06. The van der Waals surface area contributed by atoms with Gasteiger partial charge in [-0.2, -0.15) is 0 Å². The number of aromatic nitrogens is 1. The smallest absolute Gasteiger partial charge is 0.127 e. The molecule has 0 aliphatic rings. The van der Waals surface area contributed by atoms with Gasteiger partial charge in [-0.1, -0.05) is 6.07 Å². The van der Waals surface area contributed by atoms with Gasteiger partial charge in [-0.25, -0.2) is 4.39 Å². The van der Waals surface area contributed by atoms with Crippen LogP contribution in [0.25, 0.3) is 0 Å². The highest BCUT2D eigenvalue weighted by atomic mass is 79.9. The Labute approximate surface area is 119 Å². The van der Waals surface area contributed by atoms with Crippen molar-refractivity contribution in [1.29, 1.82) is 0 Å². The average molecular weight is 325 g/mol. The SMILES string of the molecule is C[C@H](N)c1ccc(F)cc1OCc1cncc(Br)c1. The van der Waals surface area contributed by atoms with E-state index in [2.05, 4.69) is 20.9 Å². The maximum absolute atomic E-state index is 13.3. The highest BCUT2D eigenvalue weighted by Crippen LogP contribution is 2.25. The first-order valence-electron chi connectivity index (χ1n) is 5.83. The van der Waals surface area contributed by atoms with Gasteiger partial charge in [0.25, 0.3) is 0 Å². The summed E-state index contributed by atoms with van der Waals surface area (Å²) >= 11 is 3.34. The molecule has 1 atom stereocenters. The fourth-order valence-electron chi connectivity index (χ4n) is 1.71. The van der Waals surface area contributed by atoms with Crippen LogP contribution in [0.15, 0.2) is 41.1 Å². The monoisotopic (exact) mass is 324 g/mol. The fraction of sp³-hybridized carbons (Fsp3) is 0.214. The van der Waals surface area contributed by atoms with Gasteiger partial charge < -0.3 is 10.5 Å². The minimum Gasteiger partial charge on any atom is -0.488 e. The van der Waals surface area contributed by atoms with Crippen molar-refractivity contribution in [3.8, 4) is 5.75 Å². The highest BCUT2D eigenvalue weighted by Gasteiger charge is 2.09. The number of ether oxygens (including phenoxy) is 1. The molecule has 0 saturated carbocycles. The van der Waals surface area contributed by atoms with Gasteiger partial charge in [0.15, 0.2) is 0 Å². The Kier molecular flexibility index (Phi) is 4.50. The lowest BCUT2D eigenvalue weighted by molar-refractivity contribution is 0.299. The molecule has 2 aromatic rings. The molecule has 1 aromatic carbocycles. The predicted octanol–water partition coefficient (Wildman–Crippen LogP) is 3.58. The van der Waals surface area contributed by atoms with Crippen molar-refractivity contribution in [3.05, 3.63) is 58.1 Å². The molecule has 0 unspecified atom stereocenters. The van der Waals surface area contributed by atoms with Crippen LogP contribution in [0.4, 0.5) is 4.39 Å². The second-order valence-corrected chi connectivity index (χ2v) is 5.19. The lowest BCUT2D eigenvalue weighted by Crippen LogP contribution is -2.08. The summed E-state index contributed by atoms with van der Waals surface area (Å²) in [5.74, 6) is 0.127. The number of pyridine rings is 1. The number of rotatable bonds is 4. The minimum atomic E-state index is -0.341. The van der Waals surface area contributed by atoms with Gasteiger partial charge in [-0.15, -0.1) is 0 Å². The molecule has 0 bridgehead atoms. The first kappa shape index (κ1) is 14.0. The molecule has 0 aliphatic carbocycles. The molecular formula is C14H14BrFN2O. The summed E-state index contributed by atoms with van der Waals surface area (Å²) in [6.45, 7) is 2.15. The summed E-state index contributed by atoms with van der Waals surface area (Å²) in [5, 5.41) is 0.